The molecule has 1 aliphatic heterocycles. The minimum Gasteiger partial charge on any atom is -0.489 e. The lowest BCUT2D eigenvalue weighted by Gasteiger charge is -2.19. The summed E-state index contributed by atoms with van der Waals surface area (Å²) in [6.07, 6.45) is 1.76. The van der Waals surface area contributed by atoms with Gasteiger partial charge in [0.25, 0.3) is 0 Å². The van der Waals surface area contributed by atoms with E-state index in [1.165, 1.54) is 4.90 Å². The maximum Gasteiger partial charge on any atom is 0.318 e. The maximum absolute atomic E-state index is 12.3. The standard InChI is InChI=1S/C14H15Cl2N5O2/c1-20(5-8-6-21(2)19-18-8)14(22)17-11-7-23-13-9(11)3-4-10(15)12(13)16/h3-4,6,11H,5,7H2,1-2H3,(H,17,22). The van der Waals surface area contributed by atoms with Gasteiger partial charge in [0, 0.05) is 25.9 Å². The summed E-state index contributed by atoms with van der Waals surface area (Å²) in [5, 5.41) is 11.5. The second-order valence-corrected chi connectivity index (χ2v) is 6.12. The molecule has 1 atom stereocenters. The predicted octanol–water partition coefficient (Wildman–Crippen LogP) is 2.40. The first kappa shape index (κ1) is 15.9. The summed E-state index contributed by atoms with van der Waals surface area (Å²) in [6.45, 7) is 0.682. The minimum absolute atomic E-state index is 0.233. The van der Waals surface area contributed by atoms with E-state index in [2.05, 4.69) is 15.6 Å². The van der Waals surface area contributed by atoms with E-state index in [0.717, 1.165) is 5.56 Å². The van der Waals surface area contributed by atoms with E-state index in [-0.39, 0.29) is 12.1 Å². The third kappa shape index (κ3) is 3.20. The zero-order chi connectivity index (χ0) is 16.6. The van der Waals surface area contributed by atoms with Crippen LogP contribution >= 0.6 is 23.2 Å². The number of carbonyl (C=O) groups excluding carboxylic acids is 1. The van der Waals surface area contributed by atoms with Crippen molar-refractivity contribution in [1.29, 1.82) is 0 Å². The summed E-state index contributed by atoms with van der Waals surface area (Å²) in [6, 6.07) is 3.00. The number of ether oxygens (including phenoxy) is 1. The first-order valence-corrected chi connectivity index (χ1v) is 7.69. The van der Waals surface area contributed by atoms with Crippen LogP contribution in [0.2, 0.25) is 10.0 Å². The van der Waals surface area contributed by atoms with Gasteiger partial charge in [-0.3, -0.25) is 4.68 Å². The molecule has 0 fully saturated rings. The molecule has 2 aromatic rings. The number of benzene rings is 1. The van der Waals surface area contributed by atoms with E-state index in [1.54, 1.807) is 31.0 Å². The molecule has 7 nitrogen and oxygen atoms in total. The molecule has 9 heteroatoms. The molecule has 1 aromatic carbocycles. The van der Waals surface area contributed by atoms with Crippen LogP contribution in [-0.4, -0.2) is 39.6 Å². The quantitative estimate of drug-likeness (QED) is 0.917. The van der Waals surface area contributed by atoms with Gasteiger partial charge in [-0.05, 0) is 6.07 Å². The monoisotopic (exact) mass is 355 g/mol. The van der Waals surface area contributed by atoms with E-state index in [9.17, 15) is 4.79 Å². The molecule has 1 aliphatic rings. The fourth-order valence-corrected chi connectivity index (χ4v) is 2.76. The summed E-state index contributed by atoms with van der Waals surface area (Å²) in [5.74, 6) is 0.529. The van der Waals surface area contributed by atoms with E-state index in [4.69, 9.17) is 27.9 Å². The lowest BCUT2D eigenvalue weighted by Crippen LogP contribution is -2.39. The van der Waals surface area contributed by atoms with Gasteiger partial charge in [-0.25, -0.2) is 4.79 Å². The van der Waals surface area contributed by atoms with Gasteiger partial charge in [-0.2, -0.15) is 0 Å². The Balaban J connectivity index is 1.67. The maximum atomic E-state index is 12.3. The van der Waals surface area contributed by atoms with Crippen LogP contribution in [-0.2, 0) is 13.6 Å². The van der Waals surface area contributed by atoms with Gasteiger partial charge in [0.15, 0.2) is 0 Å². The van der Waals surface area contributed by atoms with Crippen LogP contribution in [0.1, 0.15) is 17.3 Å². The number of aryl methyl sites for hydroxylation is 1. The zero-order valence-electron chi connectivity index (χ0n) is 12.6. The number of aromatic nitrogens is 3. The Morgan fingerprint density at radius 2 is 2.30 bits per heavy atom. The number of halogens is 2. The molecule has 1 unspecified atom stereocenters. The fourth-order valence-electron chi connectivity index (χ4n) is 2.39. The molecule has 1 N–H and O–H groups in total. The van der Waals surface area contributed by atoms with Crippen molar-refractivity contribution in [3.8, 4) is 5.75 Å². The molecule has 2 heterocycles. The number of hydrogen-bond acceptors (Lipinski definition) is 4. The highest BCUT2D eigenvalue weighted by Gasteiger charge is 2.29. The molecule has 122 valence electrons. The van der Waals surface area contributed by atoms with Crippen LogP contribution < -0.4 is 10.1 Å². The summed E-state index contributed by atoms with van der Waals surface area (Å²) in [7, 11) is 3.47. The van der Waals surface area contributed by atoms with Crippen molar-refractivity contribution in [2.24, 2.45) is 7.05 Å². The summed E-state index contributed by atoms with van der Waals surface area (Å²) in [4.78, 5) is 13.8. The highest BCUT2D eigenvalue weighted by Crippen LogP contribution is 2.42. The summed E-state index contributed by atoms with van der Waals surface area (Å²) in [5.41, 5.74) is 1.53. The molecule has 23 heavy (non-hydrogen) atoms. The molecule has 0 saturated heterocycles. The number of carbonyl (C=O) groups is 1. The molecule has 1 aromatic heterocycles. The van der Waals surface area contributed by atoms with Crippen LogP contribution in [0.5, 0.6) is 5.75 Å². The van der Waals surface area contributed by atoms with Crippen LogP contribution in [0.25, 0.3) is 0 Å². The van der Waals surface area contributed by atoms with Crippen molar-refractivity contribution in [2.45, 2.75) is 12.6 Å². The average molecular weight is 356 g/mol. The minimum atomic E-state index is -0.267. The van der Waals surface area contributed by atoms with Crippen molar-refractivity contribution in [3.05, 3.63) is 39.6 Å². The molecule has 0 bridgehead atoms. The zero-order valence-corrected chi connectivity index (χ0v) is 14.1. The number of fused-ring (bicyclic) bond motifs is 1. The summed E-state index contributed by atoms with van der Waals surface area (Å²) >= 11 is 12.1. The fraction of sp³-hybridized carbons (Fsp3) is 0.357. The van der Waals surface area contributed by atoms with Gasteiger partial charge >= 0.3 is 6.03 Å². The summed E-state index contributed by atoms with van der Waals surface area (Å²) < 4.78 is 7.14. The van der Waals surface area contributed by atoms with E-state index < -0.39 is 0 Å². The Morgan fingerprint density at radius 1 is 1.52 bits per heavy atom. The number of nitrogens with zero attached hydrogens (tertiary/aromatic N) is 4. The Hall–Kier alpha value is -1.99. The first-order chi connectivity index (χ1) is 11.0. The normalized spacial score (nSPS) is 15.9. The molecular formula is C14H15Cl2N5O2. The Morgan fingerprint density at radius 3 is 3.00 bits per heavy atom. The number of urea groups is 1. The molecule has 0 radical (unpaired) electrons. The van der Waals surface area contributed by atoms with Gasteiger partial charge in [0.1, 0.15) is 23.1 Å². The van der Waals surface area contributed by atoms with Crippen LogP contribution in [0.15, 0.2) is 18.3 Å². The Kier molecular flexibility index (Phi) is 4.32. The lowest BCUT2D eigenvalue weighted by atomic mass is 10.1. The van der Waals surface area contributed by atoms with E-state index >= 15 is 0 Å². The first-order valence-electron chi connectivity index (χ1n) is 6.93. The van der Waals surface area contributed by atoms with Crippen molar-refractivity contribution in [2.75, 3.05) is 13.7 Å². The van der Waals surface area contributed by atoms with Gasteiger partial charge in [0.05, 0.1) is 17.6 Å². The van der Waals surface area contributed by atoms with Gasteiger partial charge in [-0.15, -0.1) is 5.10 Å². The second kappa shape index (κ2) is 6.25. The lowest BCUT2D eigenvalue weighted by molar-refractivity contribution is 0.198. The largest absolute Gasteiger partial charge is 0.489 e. The Labute approximate surface area is 143 Å². The molecular weight excluding hydrogens is 341 g/mol. The second-order valence-electron chi connectivity index (χ2n) is 5.33. The number of rotatable bonds is 3. The highest BCUT2D eigenvalue weighted by molar-refractivity contribution is 6.43. The van der Waals surface area contributed by atoms with Gasteiger partial charge in [0.2, 0.25) is 0 Å². The predicted molar refractivity (Wildman–Crippen MR) is 85.7 cm³/mol. The van der Waals surface area contributed by atoms with Crippen LogP contribution in [0.3, 0.4) is 0 Å². The average Bonchev–Trinajstić information content (AvgIpc) is 3.10. The highest BCUT2D eigenvalue weighted by atomic mass is 35.5. The molecule has 3 rings (SSSR count). The Bertz CT molecular complexity index is 749. The number of nitrogens with one attached hydrogen (secondary N) is 1. The van der Waals surface area contributed by atoms with E-state index in [1.807, 2.05) is 6.07 Å². The van der Waals surface area contributed by atoms with Crippen molar-refractivity contribution in [1.82, 2.24) is 25.2 Å². The van der Waals surface area contributed by atoms with Crippen LogP contribution in [0.4, 0.5) is 4.79 Å². The molecule has 0 aliphatic carbocycles. The van der Waals surface area contributed by atoms with Crippen LogP contribution in [0, 0.1) is 0 Å². The number of hydrogen-bond donors (Lipinski definition) is 1. The van der Waals surface area contributed by atoms with Gasteiger partial charge < -0.3 is 15.0 Å². The SMILES string of the molecule is CN(Cc1cn(C)nn1)C(=O)NC1COc2c1ccc(Cl)c2Cl. The topological polar surface area (TPSA) is 72.3 Å². The molecule has 2 amide bonds. The molecule has 0 spiro atoms. The third-order valence-corrected chi connectivity index (χ3v) is 4.33. The molecule has 0 saturated carbocycles. The third-order valence-electron chi connectivity index (χ3n) is 3.54. The van der Waals surface area contributed by atoms with Crippen molar-refractivity contribution >= 4 is 29.2 Å². The van der Waals surface area contributed by atoms with Gasteiger partial charge in [-0.1, -0.05) is 34.5 Å². The van der Waals surface area contributed by atoms with Crippen molar-refractivity contribution < 1.29 is 9.53 Å². The smallest absolute Gasteiger partial charge is 0.318 e. The van der Waals surface area contributed by atoms with E-state index in [0.29, 0.717) is 34.6 Å². The number of amides is 2. The van der Waals surface area contributed by atoms with Crippen molar-refractivity contribution in [3.63, 3.8) is 0 Å².